The van der Waals surface area contributed by atoms with Crippen LogP contribution in [0.15, 0.2) is 38.8 Å². The molecule has 1 aromatic heterocycles. The first-order valence-corrected chi connectivity index (χ1v) is 12.9. The predicted molar refractivity (Wildman–Crippen MR) is 121 cm³/mol. The topological polar surface area (TPSA) is 40.6 Å². The fourth-order valence-electron chi connectivity index (χ4n) is 3.21. The number of hydrogen-bond donors (Lipinski definition) is 0. The van der Waals surface area contributed by atoms with Crippen LogP contribution in [0, 0.1) is 5.41 Å². The lowest BCUT2D eigenvalue weighted by Gasteiger charge is -2.39. The van der Waals surface area contributed by atoms with E-state index in [1.165, 1.54) is 21.2 Å². The third-order valence-corrected chi connectivity index (χ3v) is 10.1. The maximum absolute atomic E-state index is 12.3. The SMILES string of the molecule is CN(C)S(=O)(=O)c1ccc(SCc2cccc(Cl)c2N2CCC(C)(C)CC2)s1. The van der Waals surface area contributed by atoms with E-state index in [9.17, 15) is 8.42 Å². The summed E-state index contributed by atoms with van der Waals surface area (Å²) in [5.41, 5.74) is 2.71. The molecule has 0 amide bonds. The van der Waals surface area contributed by atoms with Gasteiger partial charge in [0.1, 0.15) is 4.21 Å². The Morgan fingerprint density at radius 2 is 1.86 bits per heavy atom. The first-order valence-electron chi connectivity index (χ1n) is 9.28. The van der Waals surface area contributed by atoms with Crippen molar-refractivity contribution in [3.05, 3.63) is 40.9 Å². The number of nitrogens with zero attached hydrogens (tertiary/aromatic N) is 2. The van der Waals surface area contributed by atoms with Gasteiger partial charge in [-0.2, -0.15) is 0 Å². The van der Waals surface area contributed by atoms with E-state index < -0.39 is 10.0 Å². The Labute approximate surface area is 181 Å². The smallest absolute Gasteiger partial charge is 0.252 e. The van der Waals surface area contributed by atoms with Gasteiger partial charge < -0.3 is 4.90 Å². The molecule has 4 nitrogen and oxygen atoms in total. The number of halogens is 1. The zero-order chi connectivity index (χ0) is 20.5. The molecule has 0 aliphatic carbocycles. The summed E-state index contributed by atoms with van der Waals surface area (Å²) in [4.78, 5) is 2.40. The van der Waals surface area contributed by atoms with Crippen molar-refractivity contribution in [3.8, 4) is 0 Å². The zero-order valence-corrected chi connectivity index (χ0v) is 19.9. The Morgan fingerprint density at radius 1 is 1.18 bits per heavy atom. The first-order chi connectivity index (χ1) is 13.1. The summed E-state index contributed by atoms with van der Waals surface area (Å²) >= 11 is 9.56. The second-order valence-electron chi connectivity index (χ2n) is 8.05. The van der Waals surface area contributed by atoms with E-state index in [-0.39, 0.29) is 0 Å². The maximum atomic E-state index is 12.3. The predicted octanol–water partition coefficient (Wildman–Crippen LogP) is 5.57. The van der Waals surface area contributed by atoms with E-state index in [0.717, 1.165) is 46.6 Å². The minimum atomic E-state index is -3.37. The van der Waals surface area contributed by atoms with Crippen LogP contribution in [0.5, 0.6) is 0 Å². The van der Waals surface area contributed by atoms with E-state index in [1.807, 2.05) is 18.2 Å². The molecule has 1 aromatic carbocycles. The lowest BCUT2D eigenvalue weighted by Crippen LogP contribution is -2.37. The van der Waals surface area contributed by atoms with Crippen molar-refractivity contribution in [1.82, 2.24) is 4.31 Å². The number of thioether (sulfide) groups is 1. The molecule has 0 radical (unpaired) electrons. The molecule has 1 aliphatic rings. The van der Waals surface area contributed by atoms with Gasteiger partial charge in [0.05, 0.1) is 14.9 Å². The van der Waals surface area contributed by atoms with Crippen molar-refractivity contribution in [3.63, 3.8) is 0 Å². The molecule has 3 rings (SSSR count). The van der Waals surface area contributed by atoms with E-state index in [2.05, 4.69) is 24.8 Å². The molecular weight excluding hydrogens is 432 g/mol. The molecule has 2 heterocycles. The van der Waals surface area contributed by atoms with Gasteiger partial charge in [-0.1, -0.05) is 37.6 Å². The number of thiophene rings is 1. The van der Waals surface area contributed by atoms with Crippen molar-refractivity contribution in [1.29, 1.82) is 0 Å². The summed E-state index contributed by atoms with van der Waals surface area (Å²) in [6.07, 6.45) is 2.31. The first kappa shape index (κ1) is 22.0. The van der Waals surface area contributed by atoms with E-state index in [0.29, 0.717) is 9.62 Å². The Kier molecular flexibility index (Phi) is 6.72. The molecule has 1 fully saturated rings. The highest BCUT2D eigenvalue weighted by molar-refractivity contribution is 8.00. The lowest BCUT2D eigenvalue weighted by atomic mass is 9.82. The Bertz CT molecular complexity index is 929. The molecule has 0 bridgehead atoms. The summed E-state index contributed by atoms with van der Waals surface area (Å²) in [5.74, 6) is 0.762. The Balaban J connectivity index is 1.76. The van der Waals surface area contributed by atoms with E-state index in [4.69, 9.17) is 11.6 Å². The molecule has 0 atom stereocenters. The Morgan fingerprint density at radius 3 is 2.50 bits per heavy atom. The monoisotopic (exact) mass is 458 g/mol. The zero-order valence-electron chi connectivity index (χ0n) is 16.7. The number of hydrogen-bond acceptors (Lipinski definition) is 5. The summed E-state index contributed by atoms with van der Waals surface area (Å²) in [6.45, 7) is 6.67. The minimum Gasteiger partial charge on any atom is -0.370 e. The lowest BCUT2D eigenvalue weighted by molar-refractivity contribution is 0.279. The van der Waals surface area contributed by atoms with Gasteiger partial charge >= 0.3 is 0 Å². The van der Waals surface area contributed by atoms with Crippen LogP contribution in [-0.2, 0) is 15.8 Å². The fourth-order valence-corrected chi connectivity index (χ4v) is 7.27. The van der Waals surface area contributed by atoms with Gasteiger partial charge in [0.2, 0.25) is 0 Å². The van der Waals surface area contributed by atoms with Crippen LogP contribution in [-0.4, -0.2) is 39.9 Å². The molecular formula is C20H27ClN2O2S3. The molecule has 8 heteroatoms. The average Bonchev–Trinajstić information content (AvgIpc) is 3.10. The van der Waals surface area contributed by atoms with Gasteiger partial charge in [-0.15, -0.1) is 23.1 Å². The molecule has 0 N–H and O–H groups in total. The van der Waals surface area contributed by atoms with Gasteiger partial charge in [-0.25, -0.2) is 12.7 Å². The van der Waals surface area contributed by atoms with Gasteiger partial charge in [0.25, 0.3) is 10.0 Å². The maximum Gasteiger partial charge on any atom is 0.252 e. The fraction of sp³-hybridized carbons (Fsp3) is 0.500. The van der Waals surface area contributed by atoms with Crippen LogP contribution < -0.4 is 4.90 Å². The highest BCUT2D eigenvalue weighted by Gasteiger charge is 2.27. The molecule has 0 unspecified atom stereocenters. The number of para-hydroxylation sites is 1. The Hall–Kier alpha value is -0.730. The van der Waals surface area contributed by atoms with E-state index >= 15 is 0 Å². The van der Waals surface area contributed by atoms with Gasteiger partial charge in [-0.3, -0.25) is 0 Å². The number of rotatable bonds is 6. The molecule has 2 aromatic rings. The van der Waals surface area contributed by atoms with Gasteiger partial charge in [0, 0.05) is 32.9 Å². The summed E-state index contributed by atoms with van der Waals surface area (Å²) < 4.78 is 27.2. The van der Waals surface area contributed by atoms with Crippen LogP contribution in [0.2, 0.25) is 5.02 Å². The highest BCUT2D eigenvalue weighted by Crippen LogP contribution is 2.40. The summed E-state index contributed by atoms with van der Waals surface area (Å²) in [7, 11) is -0.262. The van der Waals surface area contributed by atoms with Crippen molar-refractivity contribution in [2.75, 3.05) is 32.1 Å². The third-order valence-electron chi connectivity index (χ3n) is 5.17. The molecule has 0 spiro atoms. The van der Waals surface area contributed by atoms with Gasteiger partial charge in [0.15, 0.2) is 0 Å². The van der Waals surface area contributed by atoms with Crippen LogP contribution in [0.4, 0.5) is 5.69 Å². The van der Waals surface area contributed by atoms with Crippen LogP contribution in [0.25, 0.3) is 0 Å². The van der Waals surface area contributed by atoms with Crippen molar-refractivity contribution >= 4 is 50.4 Å². The van der Waals surface area contributed by atoms with Crippen LogP contribution in [0.1, 0.15) is 32.3 Å². The molecule has 1 saturated heterocycles. The largest absolute Gasteiger partial charge is 0.370 e. The quantitative estimate of drug-likeness (QED) is 0.530. The standard InChI is InChI=1S/C20H27ClN2O2S3/c1-20(2)10-12-23(13-11-20)19-15(6-5-7-16(19)21)14-26-17-8-9-18(27-17)28(24,25)22(3)4/h5-9H,10-14H2,1-4H3. The summed E-state index contributed by atoms with van der Waals surface area (Å²) in [6, 6.07) is 9.65. The molecule has 1 aliphatic heterocycles. The number of sulfonamides is 1. The average molecular weight is 459 g/mol. The van der Waals surface area contributed by atoms with Crippen LogP contribution in [0.3, 0.4) is 0 Å². The molecule has 28 heavy (non-hydrogen) atoms. The number of anilines is 1. The molecule has 154 valence electrons. The van der Waals surface area contributed by atoms with E-state index in [1.54, 1.807) is 31.9 Å². The van der Waals surface area contributed by atoms with Crippen molar-refractivity contribution in [2.45, 2.75) is 40.9 Å². The number of piperidine rings is 1. The number of benzene rings is 1. The van der Waals surface area contributed by atoms with Crippen molar-refractivity contribution in [2.24, 2.45) is 5.41 Å². The highest BCUT2D eigenvalue weighted by atomic mass is 35.5. The van der Waals surface area contributed by atoms with Gasteiger partial charge in [-0.05, 0) is 42.0 Å². The third kappa shape index (κ3) is 4.87. The summed E-state index contributed by atoms with van der Waals surface area (Å²) in [5, 5.41) is 0.792. The minimum absolute atomic E-state index is 0.379. The second-order valence-corrected chi connectivity index (χ2v) is 13.2. The van der Waals surface area contributed by atoms with Crippen molar-refractivity contribution < 1.29 is 8.42 Å². The van der Waals surface area contributed by atoms with Crippen LogP contribution >= 0.6 is 34.7 Å². The normalized spacial score (nSPS) is 17.3. The molecule has 0 saturated carbocycles. The second kappa shape index (κ2) is 8.56.